The molecular formula is C17H24ClN3O2. The molecule has 1 aliphatic rings. The maximum atomic E-state index is 12.2. The predicted molar refractivity (Wildman–Crippen MR) is 91.5 cm³/mol. The fourth-order valence-electron chi connectivity index (χ4n) is 2.74. The molecule has 0 saturated carbocycles. The molecule has 0 unspecified atom stereocenters. The second-order valence-corrected chi connectivity index (χ2v) is 6.54. The Hall–Kier alpha value is -1.75. The normalized spacial score (nSPS) is 15.3. The molecule has 3 amide bonds. The lowest BCUT2D eigenvalue weighted by Crippen LogP contribution is -2.46. The number of nitrogens with zero attached hydrogens (tertiary/aromatic N) is 2. The van der Waals surface area contributed by atoms with E-state index in [0.717, 1.165) is 29.8 Å². The molecule has 23 heavy (non-hydrogen) atoms. The molecule has 1 aliphatic heterocycles. The van der Waals surface area contributed by atoms with Crippen molar-refractivity contribution in [2.75, 3.05) is 33.7 Å². The van der Waals surface area contributed by atoms with Crippen LogP contribution < -0.4 is 5.32 Å². The predicted octanol–water partition coefficient (Wildman–Crippen LogP) is 2.39. The minimum Gasteiger partial charge on any atom is -0.356 e. The molecule has 0 bridgehead atoms. The van der Waals surface area contributed by atoms with E-state index in [0.29, 0.717) is 19.6 Å². The van der Waals surface area contributed by atoms with Gasteiger partial charge in [0.2, 0.25) is 5.91 Å². The fourth-order valence-corrected chi connectivity index (χ4v) is 2.87. The van der Waals surface area contributed by atoms with Gasteiger partial charge in [0, 0.05) is 44.7 Å². The first-order valence-corrected chi connectivity index (χ1v) is 8.33. The maximum Gasteiger partial charge on any atom is 0.319 e. The molecule has 6 heteroatoms. The molecule has 0 aliphatic carbocycles. The van der Waals surface area contributed by atoms with Gasteiger partial charge in [-0.2, -0.15) is 0 Å². The SMILES string of the molecule is CN(C)C(=O)N1CCC(C(=O)NCCc2ccc(Cl)cc2)CC1. The number of halogens is 1. The van der Waals surface area contributed by atoms with E-state index in [1.165, 1.54) is 0 Å². The number of hydrogen-bond donors (Lipinski definition) is 1. The van der Waals surface area contributed by atoms with E-state index in [9.17, 15) is 9.59 Å². The molecular weight excluding hydrogens is 314 g/mol. The van der Waals surface area contributed by atoms with Crippen LogP contribution in [0.5, 0.6) is 0 Å². The van der Waals surface area contributed by atoms with E-state index in [-0.39, 0.29) is 17.9 Å². The number of urea groups is 1. The standard InChI is InChI=1S/C17H24ClN3O2/c1-20(2)17(23)21-11-8-14(9-12-21)16(22)19-10-7-13-3-5-15(18)6-4-13/h3-6,14H,7-12H2,1-2H3,(H,19,22). The molecule has 0 radical (unpaired) electrons. The summed E-state index contributed by atoms with van der Waals surface area (Å²) in [4.78, 5) is 27.5. The summed E-state index contributed by atoms with van der Waals surface area (Å²) in [7, 11) is 3.50. The first-order chi connectivity index (χ1) is 11.0. The van der Waals surface area contributed by atoms with Crippen LogP contribution in [0.2, 0.25) is 5.02 Å². The fraction of sp³-hybridized carbons (Fsp3) is 0.529. The van der Waals surface area contributed by atoms with Gasteiger partial charge in [-0.15, -0.1) is 0 Å². The lowest BCUT2D eigenvalue weighted by atomic mass is 9.96. The Morgan fingerprint density at radius 1 is 1.22 bits per heavy atom. The van der Waals surface area contributed by atoms with Gasteiger partial charge in [0.25, 0.3) is 0 Å². The first kappa shape index (κ1) is 17.6. The van der Waals surface area contributed by atoms with Crippen molar-refractivity contribution in [3.8, 4) is 0 Å². The minimum atomic E-state index is 0.00595. The van der Waals surface area contributed by atoms with E-state index in [2.05, 4.69) is 5.32 Å². The zero-order chi connectivity index (χ0) is 16.8. The number of likely N-dealkylation sites (tertiary alicyclic amines) is 1. The third-order valence-electron chi connectivity index (χ3n) is 4.15. The van der Waals surface area contributed by atoms with Crippen LogP contribution >= 0.6 is 11.6 Å². The summed E-state index contributed by atoms with van der Waals surface area (Å²) >= 11 is 5.85. The Labute approximate surface area is 142 Å². The van der Waals surface area contributed by atoms with Crippen molar-refractivity contribution in [2.45, 2.75) is 19.3 Å². The number of amides is 3. The molecule has 1 heterocycles. The highest BCUT2D eigenvalue weighted by Crippen LogP contribution is 2.18. The van der Waals surface area contributed by atoms with Crippen molar-refractivity contribution < 1.29 is 9.59 Å². The number of nitrogens with one attached hydrogen (secondary N) is 1. The highest BCUT2D eigenvalue weighted by molar-refractivity contribution is 6.30. The van der Waals surface area contributed by atoms with Crippen LogP contribution in [-0.2, 0) is 11.2 Å². The Kier molecular flexibility index (Phi) is 6.28. The van der Waals surface area contributed by atoms with Crippen LogP contribution in [0.15, 0.2) is 24.3 Å². The monoisotopic (exact) mass is 337 g/mol. The molecule has 1 N–H and O–H groups in total. The molecule has 0 aromatic heterocycles. The van der Waals surface area contributed by atoms with Crippen LogP contribution in [0.4, 0.5) is 4.79 Å². The minimum absolute atomic E-state index is 0.00595. The lowest BCUT2D eigenvalue weighted by Gasteiger charge is -2.33. The van der Waals surface area contributed by atoms with Gasteiger partial charge in [0.05, 0.1) is 0 Å². The summed E-state index contributed by atoms with van der Waals surface area (Å²) in [6.07, 6.45) is 2.25. The van der Waals surface area contributed by atoms with Crippen molar-refractivity contribution in [3.63, 3.8) is 0 Å². The number of hydrogen-bond acceptors (Lipinski definition) is 2. The average Bonchev–Trinajstić information content (AvgIpc) is 2.56. The van der Waals surface area contributed by atoms with Gasteiger partial charge in [-0.25, -0.2) is 4.79 Å². The number of piperidine rings is 1. The van der Waals surface area contributed by atoms with Crippen molar-refractivity contribution in [3.05, 3.63) is 34.9 Å². The van der Waals surface area contributed by atoms with Crippen LogP contribution in [0, 0.1) is 5.92 Å². The van der Waals surface area contributed by atoms with Gasteiger partial charge < -0.3 is 15.1 Å². The van der Waals surface area contributed by atoms with E-state index >= 15 is 0 Å². The topological polar surface area (TPSA) is 52.7 Å². The summed E-state index contributed by atoms with van der Waals surface area (Å²) in [5.74, 6) is 0.0994. The molecule has 0 atom stereocenters. The lowest BCUT2D eigenvalue weighted by molar-refractivity contribution is -0.126. The van der Waals surface area contributed by atoms with Crippen molar-refractivity contribution in [1.82, 2.24) is 15.1 Å². The molecule has 1 aromatic carbocycles. The Morgan fingerprint density at radius 3 is 2.39 bits per heavy atom. The van der Waals surface area contributed by atoms with E-state index < -0.39 is 0 Å². The summed E-state index contributed by atoms with van der Waals surface area (Å²) in [5.41, 5.74) is 1.15. The highest BCUT2D eigenvalue weighted by atomic mass is 35.5. The van der Waals surface area contributed by atoms with Crippen LogP contribution in [0.25, 0.3) is 0 Å². The highest BCUT2D eigenvalue weighted by Gasteiger charge is 2.27. The summed E-state index contributed by atoms with van der Waals surface area (Å²) in [6, 6.07) is 7.68. The van der Waals surface area contributed by atoms with Gasteiger partial charge in [-0.1, -0.05) is 23.7 Å². The quantitative estimate of drug-likeness (QED) is 0.917. The first-order valence-electron chi connectivity index (χ1n) is 7.95. The zero-order valence-electron chi connectivity index (χ0n) is 13.7. The van der Waals surface area contributed by atoms with Gasteiger partial charge in [0.15, 0.2) is 0 Å². The number of rotatable bonds is 4. The maximum absolute atomic E-state index is 12.2. The molecule has 1 aromatic rings. The zero-order valence-corrected chi connectivity index (χ0v) is 14.5. The van der Waals surface area contributed by atoms with Crippen molar-refractivity contribution in [1.29, 1.82) is 0 Å². The number of carbonyl (C=O) groups excluding carboxylic acids is 2. The molecule has 126 valence electrons. The molecule has 1 fully saturated rings. The molecule has 0 spiro atoms. The number of benzene rings is 1. The summed E-state index contributed by atoms with van der Waals surface area (Å²) < 4.78 is 0. The van der Waals surface area contributed by atoms with Gasteiger partial charge >= 0.3 is 6.03 Å². The van der Waals surface area contributed by atoms with E-state index in [1.54, 1.807) is 23.9 Å². The Morgan fingerprint density at radius 2 is 1.83 bits per heavy atom. The van der Waals surface area contributed by atoms with Gasteiger partial charge in [-0.3, -0.25) is 4.79 Å². The van der Waals surface area contributed by atoms with Crippen LogP contribution in [0.1, 0.15) is 18.4 Å². The largest absolute Gasteiger partial charge is 0.356 e. The third-order valence-corrected chi connectivity index (χ3v) is 4.40. The Bertz CT molecular complexity index is 537. The van der Waals surface area contributed by atoms with Crippen molar-refractivity contribution in [2.24, 2.45) is 5.92 Å². The molecule has 1 saturated heterocycles. The second kappa shape index (κ2) is 8.20. The second-order valence-electron chi connectivity index (χ2n) is 6.11. The van der Waals surface area contributed by atoms with E-state index in [4.69, 9.17) is 11.6 Å². The summed E-state index contributed by atoms with van der Waals surface area (Å²) in [6.45, 7) is 1.91. The molecule has 5 nitrogen and oxygen atoms in total. The third kappa shape index (κ3) is 5.13. The number of carbonyl (C=O) groups is 2. The molecule has 2 rings (SSSR count). The van der Waals surface area contributed by atoms with Crippen LogP contribution in [-0.4, -0.2) is 55.5 Å². The average molecular weight is 338 g/mol. The summed E-state index contributed by atoms with van der Waals surface area (Å²) in [5, 5.41) is 3.72. The smallest absolute Gasteiger partial charge is 0.319 e. The van der Waals surface area contributed by atoms with Crippen molar-refractivity contribution >= 4 is 23.5 Å². The van der Waals surface area contributed by atoms with Gasteiger partial charge in [0.1, 0.15) is 0 Å². The Balaban J connectivity index is 1.71. The van der Waals surface area contributed by atoms with Crippen LogP contribution in [0.3, 0.4) is 0 Å². The van der Waals surface area contributed by atoms with Gasteiger partial charge in [-0.05, 0) is 37.0 Å². The van der Waals surface area contributed by atoms with E-state index in [1.807, 2.05) is 24.3 Å².